The highest BCUT2D eigenvalue weighted by Crippen LogP contribution is 2.48. The predicted molar refractivity (Wildman–Crippen MR) is 94.5 cm³/mol. The normalized spacial score (nSPS) is 37.1. The Kier molecular flexibility index (Phi) is 5.72. The molecule has 3 aliphatic carbocycles. The largest absolute Gasteiger partial charge is 0.481 e. The van der Waals surface area contributed by atoms with E-state index in [4.69, 9.17) is 0 Å². The topological polar surface area (TPSA) is 133 Å². The van der Waals surface area contributed by atoms with Crippen LogP contribution in [0.3, 0.4) is 0 Å². The van der Waals surface area contributed by atoms with Gasteiger partial charge < -0.3 is 20.8 Å². The van der Waals surface area contributed by atoms with Gasteiger partial charge in [0, 0.05) is 13.1 Å². The van der Waals surface area contributed by atoms with Gasteiger partial charge in [-0.2, -0.15) is 0 Å². The molecule has 0 radical (unpaired) electrons. The summed E-state index contributed by atoms with van der Waals surface area (Å²) in [5.41, 5.74) is 0. The number of aliphatic carboxylic acids is 2. The molecule has 3 fully saturated rings. The van der Waals surface area contributed by atoms with Crippen LogP contribution in [0.2, 0.25) is 0 Å². The first kappa shape index (κ1) is 19.6. The van der Waals surface area contributed by atoms with Crippen LogP contribution in [0.1, 0.15) is 39.0 Å². The number of carbonyl (C=O) groups excluding carboxylic acids is 2. The highest BCUT2D eigenvalue weighted by atomic mass is 16.4. The van der Waals surface area contributed by atoms with Gasteiger partial charge >= 0.3 is 11.9 Å². The van der Waals surface area contributed by atoms with E-state index in [0.29, 0.717) is 24.9 Å². The van der Waals surface area contributed by atoms with E-state index in [0.717, 1.165) is 12.3 Å². The molecule has 8 heteroatoms. The van der Waals surface area contributed by atoms with E-state index in [1.165, 1.54) is 19.3 Å². The lowest BCUT2D eigenvalue weighted by Crippen LogP contribution is -2.44. The van der Waals surface area contributed by atoms with E-state index >= 15 is 0 Å². The molecule has 0 spiro atoms. The molecule has 7 atom stereocenters. The molecule has 3 saturated carbocycles. The van der Waals surface area contributed by atoms with Gasteiger partial charge in [-0.1, -0.05) is 6.42 Å². The summed E-state index contributed by atoms with van der Waals surface area (Å²) in [4.78, 5) is 48.5. The zero-order valence-corrected chi connectivity index (χ0v) is 15.5. The Morgan fingerprint density at radius 2 is 1.59 bits per heavy atom. The molecule has 0 aromatic rings. The van der Waals surface area contributed by atoms with E-state index < -0.39 is 47.4 Å². The van der Waals surface area contributed by atoms with Crippen molar-refractivity contribution in [3.63, 3.8) is 0 Å². The maximum atomic E-state index is 12.8. The van der Waals surface area contributed by atoms with Crippen LogP contribution in [-0.4, -0.2) is 47.1 Å². The molecule has 2 amide bonds. The highest BCUT2D eigenvalue weighted by Gasteiger charge is 2.55. The van der Waals surface area contributed by atoms with E-state index in [-0.39, 0.29) is 6.42 Å². The molecule has 27 heavy (non-hydrogen) atoms. The molecule has 0 heterocycles. The van der Waals surface area contributed by atoms with Crippen molar-refractivity contribution in [1.29, 1.82) is 0 Å². The number of hydrogen-bond acceptors (Lipinski definition) is 4. The van der Waals surface area contributed by atoms with Crippen LogP contribution in [0.25, 0.3) is 0 Å². The van der Waals surface area contributed by atoms with Crippen molar-refractivity contribution in [2.45, 2.75) is 39.0 Å². The molecule has 8 nitrogen and oxygen atoms in total. The van der Waals surface area contributed by atoms with Crippen molar-refractivity contribution in [2.24, 2.45) is 41.4 Å². The van der Waals surface area contributed by atoms with Crippen LogP contribution in [0.15, 0.2) is 0 Å². The van der Waals surface area contributed by atoms with Gasteiger partial charge in [0.1, 0.15) is 0 Å². The Labute approximate surface area is 158 Å². The summed E-state index contributed by atoms with van der Waals surface area (Å²) in [6.45, 7) is 2.48. The molecule has 3 rings (SSSR count). The summed E-state index contributed by atoms with van der Waals surface area (Å²) >= 11 is 0. The molecule has 7 unspecified atom stereocenters. The molecule has 3 aliphatic rings. The fourth-order valence-corrected chi connectivity index (χ4v) is 5.54. The van der Waals surface area contributed by atoms with E-state index in [1.807, 2.05) is 0 Å². The van der Waals surface area contributed by atoms with Crippen LogP contribution in [0.4, 0.5) is 0 Å². The number of rotatable bonds is 7. The molecule has 0 aliphatic heterocycles. The number of hydrogen-bond donors (Lipinski definition) is 4. The summed E-state index contributed by atoms with van der Waals surface area (Å²) in [6.07, 6.45) is 4.54. The fraction of sp³-hybridized carbons (Fsp3) is 0.789. The van der Waals surface area contributed by atoms with Crippen molar-refractivity contribution in [3.8, 4) is 0 Å². The van der Waals surface area contributed by atoms with Crippen LogP contribution in [0, 0.1) is 41.4 Å². The molecular formula is C19H28N2O6. The molecule has 0 aromatic heterocycles. The van der Waals surface area contributed by atoms with Gasteiger partial charge in [0.05, 0.1) is 23.7 Å². The lowest BCUT2D eigenvalue weighted by molar-refractivity contribution is -0.153. The Morgan fingerprint density at radius 1 is 0.852 bits per heavy atom. The van der Waals surface area contributed by atoms with Crippen molar-refractivity contribution >= 4 is 23.8 Å². The number of carbonyl (C=O) groups is 4. The van der Waals surface area contributed by atoms with E-state index in [1.54, 1.807) is 6.92 Å². The van der Waals surface area contributed by atoms with Gasteiger partial charge in [0.2, 0.25) is 11.8 Å². The first-order chi connectivity index (χ1) is 12.8. The smallest absolute Gasteiger partial charge is 0.308 e. The predicted octanol–water partition coefficient (Wildman–Crippen LogP) is 0.713. The Balaban J connectivity index is 1.72. The maximum Gasteiger partial charge on any atom is 0.308 e. The summed E-state index contributed by atoms with van der Waals surface area (Å²) in [7, 11) is 0. The van der Waals surface area contributed by atoms with Gasteiger partial charge in [-0.3, -0.25) is 19.2 Å². The summed E-state index contributed by atoms with van der Waals surface area (Å²) in [5, 5.41) is 24.5. The summed E-state index contributed by atoms with van der Waals surface area (Å²) < 4.78 is 0. The zero-order valence-electron chi connectivity index (χ0n) is 15.5. The minimum atomic E-state index is -1.32. The van der Waals surface area contributed by atoms with Crippen LogP contribution in [0.5, 0.6) is 0 Å². The van der Waals surface area contributed by atoms with E-state index in [9.17, 15) is 29.4 Å². The number of carboxylic acids is 2. The lowest BCUT2D eigenvalue weighted by atomic mass is 9.85. The first-order valence-corrected chi connectivity index (χ1v) is 9.84. The molecule has 150 valence electrons. The number of amides is 2. The monoisotopic (exact) mass is 380 g/mol. The quantitative estimate of drug-likeness (QED) is 0.514. The average molecular weight is 380 g/mol. The molecule has 2 bridgehead atoms. The van der Waals surface area contributed by atoms with Crippen molar-refractivity contribution in [3.05, 3.63) is 0 Å². The SMILES string of the molecule is CCNC(=O)C1CC(C(=O)O)C(C(=O)NCC2CC3CCC2C3)C1C(=O)O. The summed E-state index contributed by atoms with van der Waals surface area (Å²) in [5.74, 6) is -6.59. The number of nitrogens with one attached hydrogen (secondary N) is 2. The second-order valence-corrected chi connectivity index (χ2v) is 8.25. The second kappa shape index (κ2) is 7.86. The van der Waals surface area contributed by atoms with Gasteiger partial charge in [0.15, 0.2) is 0 Å². The fourth-order valence-electron chi connectivity index (χ4n) is 5.54. The summed E-state index contributed by atoms with van der Waals surface area (Å²) in [6, 6.07) is 0. The minimum absolute atomic E-state index is 0.135. The van der Waals surface area contributed by atoms with Gasteiger partial charge in [-0.25, -0.2) is 0 Å². The third kappa shape index (κ3) is 3.80. The standard InChI is InChI=1S/C19H28N2O6/c1-2-20-16(22)12-7-13(18(24)25)14(15(12)19(26)27)17(23)21-8-11-6-9-3-4-10(11)5-9/h9-15H,2-8H2,1H3,(H,20,22)(H,21,23)(H,24,25)(H,26,27). The Bertz CT molecular complexity index is 636. The molecule has 4 N–H and O–H groups in total. The Morgan fingerprint density at radius 3 is 2.11 bits per heavy atom. The van der Waals surface area contributed by atoms with Gasteiger partial charge in [-0.15, -0.1) is 0 Å². The number of fused-ring (bicyclic) bond motifs is 2. The molecular weight excluding hydrogens is 352 g/mol. The highest BCUT2D eigenvalue weighted by molar-refractivity contribution is 5.94. The van der Waals surface area contributed by atoms with Gasteiger partial charge in [-0.05, 0) is 50.4 Å². The van der Waals surface area contributed by atoms with Gasteiger partial charge in [0.25, 0.3) is 0 Å². The number of carboxylic acid groups (broad SMARTS) is 2. The van der Waals surface area contributed by atoms with E-state index in [2.05, 4.69) is 10.6 Å². The third-order valence-electron chi connectivity index (χ3n) is 6.78. The minimum Gasteiger partial charge on any atom is -0.481 e. The second-order valence-electron chi connectivity index (χ2n) is 8.25. The molecule has 0 saturated heterocycles. The van der Waals surface area contributed by atoms with Crippen LogP contribution >= 0.6 is 0 Å². The lowest BCUT2D eigenvalue weighted by Gasteiger charge is -2.25. The third-order valence-corrected chi connectivity index (χ3v) is 6.78. The van der Waals surface area contributed by atoms with Crippen molar-refractivity contribution in [1.82, 2.24) is 10.6 Å². The average Bonchev–Trinajstić information content (AvgIpc) is 3.32. The zero-order chi connectivity index (χ0) is 19.7. The van der Waals surface area contributed by atoms with Crippen LogP contribution < -0.4 is 10.6 Å². The van der Waals surface area contributed by atoms with Crippen LogP contribution in [-0.2, 0) is 19.2 Å². The van der Waals surface area contributed by atoms with Crippen molar-refractivity contribution < 1.29 is 29.4 Å². The Hall–Kier alpha value is -2.12. The maximum absolute atomic E-state index is 12.8. The first-order valence-electron chi connectivity index (χ1n) is 9.84. The van der Waals surface area contributed by atoms with Crippen molar-refractivity contribution in [2.75, 3.05) is 13.1 Å². The molecule has 0 aromatic carbocycles.